The number of rotatable bonds is 4. The predicted octanol–water partition coefficient (Wildman–Crippen LogP) is 0.934. The maximum atomic E-state index is 10.8. The number of hydrogen-bond donors (Lipinski definition) is 4. The van der Waals surface area contributed by atoms with Crippen LogP contribution in [0.1, 0.15) is 5.56 Å². The zero-order valence-corrected chi connectivity index (χ0v) is 9.92. The molecule has 0 spiro atoms. The van der Waals surface area contributed by atoms with Gasteiger partial charge in [0.15, 0.2) is 0 Å². The van der Waals surface area contributed by atoms with Gasteiger partial charge in [-0.25, -0.2) is 0 Å². The number of benzene rings is 1. The molecule has 0 aliphatic heterocycles. The van der Waals surface area contributed by atoms with Gasteiger partial charge in [-0.05, 0) is 6.07 Å². The summed E-state index contributed by atoms with van der Waals surface area (Å²) in [6, 6.07) is 6.51. The Kier molecular flexibility index (Phi) is 3.22. The maximum absolute atomic E-state index is 10.8. The Balaban J connectivity index is 2.57. The zero-order valence-electron chi connectivity index (χ0n) is 9.92. The summed E-state index contributed by atoms with van der Waals surface area (Å²) in [7, 11) is 1.79. The van der Waals surface area contributed by atoms with Crippen molar-refractivity contribution in [1.29, 1.82) is 0 Å². The summed E-state index contributed by atoms with van der Waals surface area (Å²) in [5, 5.41) is 18.9. The molecule has 0 radical (unpaired) electrons. The second kappa shape index (κ2) is 4.67. The summed E-state index contributed by atoms with van der Waals surface area (Å²) < 4.78 is 1.76. The number of aliphatic carboxylic acids is 1. The Morgan fingerprint density at radius 3 is 2.78 bits per heavy atom. The van der Waals surface area contributed by atoms with Gasteiger partial charge in [0.1, 0.15) is 11.9 Å². The Labute approximate surface area is 104 Å². The van der Waals surface area contributed by atoms with Crippen molar-refractivity contribution < 1.29 is 15.1 Å². The monoisotopic (exact) mass is 249 g/mol. The van der Waals surface area contributed by atoms with Crippen molar-refractivity contribution in [3.05, 3.63) is 29.8 Å². The number of carbonyl (C=O) groups is 1. The molecule has 0 aliphatic carbocycles. The minimum Gasteiger partial charge on any atom is -0.480 e. The average Bonchev–Trinajstić information content (AvgIpc) is 2.63. The number of nitrogens with one attached hydrogen (secondary N) is 1. The third-order valence-corrected chi connectivity index (χ3v) is 3.06. The number of aromatic nitrogens is 1. The van der Waals surface area contributed by atoms with Crippen LogP contribution < -0.4 is 11.2 Å². The third kappa shape index (κ3) is 1.92. The molecular weight excluding hydrogens is 234 g/mol. The van der Waals surface area contributed by atoms with E-state index in [-0.39, 0.29) is 6.42 Å². The largest absolute Gasteiger partial charge is 0.480 e. The van der Waals surface area contributed by atoms with Gasteiger partial charge in [-0.1, -0.05) is 18.2 Å². The molecule has 0 bridgehead atoms. The quantitative estimate of drug-likeness (QED) is 0.604. The van der Waals surface area contributed by atoms with Crippen LogP contribution >= 0.6 is 0 Å². The highest BCUT2D eigenvalue weighted by Crippen LogP contribution is 2.29. The SMILES string of the molecule is Cn1c(NO)c(CC(N)C(=O)O)c2ccccc21. The fourth-order valence-electron chi connectivity index (χ4n) is 2.13. The summed E-state index contributed by atoms with van der Waals surface area (Å²) in [5.74, 6) is -0.597. The van der Waals surface area contributed by atoms with E-state index in [9.17, 15) is 10.0 Å². The van der Waals surface area contributed by atoms with Gasteiger partial charge < -0.3 is 15.4 Å². The van der Waals surface area contributed by atoms with Gasteiger partial charge in [-0.15, -0.1) is 0 Å². The zero-order chi connectivity index (χ0) is 13.3. The maximum Gasteiger partial charge on any atom is 0.320 e. The van der Waals surface area contributed by atoms with Gasteiger partial charge in [0, 0.05) is 29.9 Å². The molecule has 1 unspecified atom stereocenters. The second-order valence-electron chi connectivity index (χ2n) is 4.16. The fraction of sp³-hybridized carbons (Fsp3) is 0.250. The summed E-state index contributed by atoms with van der Waals surface area (Å²) in [5.41, 5.74) is 9.27. The van der Waals surface area contributed by atoms with Crippen molar-refractivity contribution in [3.8, 4) is 0 Å². The molecule has 18 heavy (non-hydrogen) atoms. The third-order valence-electron chi connectivity index (χ3n) is 3.06. The van der Waals surface area contributed by atoms with Crippen molar-refractivity contribution in [1.82, 2.24) is 4.57 Å². The number of para-hydroxylation sites is 1. The summed E-state index contributed by atoms with van der Waals surface area (Å²) >= 11 is 0. The highest BCUT2D eigenvalue weighted by molar-refractivity contribution is 5.90. The summed E-state index contributed by atoms with van der Waals surface area (Å²) in [6.07, 6.45) is 0.152. The van der Waals surface area contributed by atoms with Crippen molar-refractivity contribution in [2.24, 2.45) is 12.8 Å². The van der Waals surface area contributed by atoms with Crippen molar-refractivity contribution in [2.45, 2.75) is 12.5 Å². The number of anilines is 1. The molecule has 0 aliphatic rings. The molecule has 6 heteroatoms. The Morgan fingerprint density at radius 2 is 2.17 bits per heavy atom. The molecule has 6 nitrogen and oxygen atoms in total. The molecule has 0 fully saturated rings. The smallest absolute Gasteiger partial charge is 0.320 e. The summed E-state index contributed by atoms with van der Waals surface area (Å²) in [4.78, 5) is 10.8. The molecule has 96 valence electrons. The van der Waals surface area contributed by atoms with Crippen molar-refractivity contribution >= 4 is 22.7 Å². The normalized spacial score (nSPS) is 12.6. The Bertz CT molecular complexity index is 592. The molecule has 0 saturated carbocycles. The summed E-state index contributed by atoms with van der Waals surface area (Å²) in [6.45, 7) is 0. The van der Waals surface area contributed by atoms with Crippen LogP contribution in [0.2, 0.25) is 0 Å². The molecule has 0 amide bonds. The number of hydrogen-bond acceptors (Lipinski definition) is 4. The number of carboxylic acids is 1. The van der Waals surface area contributed by atoms with Crippen LogP contribution in [0.25, 0.3) is 10.9 Å². The minimum atomic E-state index is -1.06. The molecule has 1 atom stereocenters. The van der Waals surface area contributed by atoms with Gasteiger partial charge >= 0.3 is 5.97 Å². The standard InChI is InChI=1S/C12H15N3O3/c1-15-10-5-3-2-4-7(10)8(11(15)14-18)6-9(13)12(16)17/h2-5,9,14,18H,6,13H2,1H3,(H,16,17). The highest BCUT2D eigenvalue weighted by atomic mass is 16.5. The number of nitrogens with two attached hydrogens (primary N) is 1. The van der Waals surface area contributed by atoms with Crippen molar-refractivity contribution in [2.75, 3.05) is 5.48 Å². The van der Waals surface area contributed by atoms with Gasteiger partial charge in [-0.2, -0.15) is 0 Å². The Hall–Kier alpha value is -2.05. The predicted molar refractivity (Wildman–Crippen MR) is 67.6 cm³/mol. The number of carboxylic acid groups (broad SMARTS) is 1. The molecular formula is C12H15N3O3. The van der Waals surface area contributed by atoms with E-state index >= 15 is 0 Å². The second-order valence-corrected chi connectivity index (χ2v) is 4.16. The van der Waals surface area contributed by atoms with Crippen LogP contribution in [0.3, 0.4) is 0 Å². The van der Waals surface area contributed by atoms with Crippen molar-refractivity contribution in [3.63, 3.8) is 0 Å². The van der Waals surface area contributed by atoms with Crippen LogP contribution in [0.5, 0.6) is 0 Å². The highest BCUT2D eigenvalue weighted by Gasteiger charge is 2.20. The van der Waals surface area contributed by atoms with E-state index < -0.39 is 12.0 Å². The molecule has 0 saturated heterocycles. The van der Waals surface area contributed by atoms with Gasteiger partial charge in [0.2, 0.25) is 0 Å². The average molecular weight is 249 g/mol. The Morgan fingerprint density at radius 1 is 1.50 bits per heavy atom. The first-order valence-corrected chi connectivity index (χ1v) is 5.51. The van der Waals surface area contributed by atoms with Crippen LogP contribution in [-0.2, 0) is 18.3 Å². The van der Waals surface area contributed by atoms with Crippen LogP contribution in [-0.4, -0.2) is 26.9 Å². The molecule has 5 N–H and O–H groups in total. The number of nitrogens with zero attached hydrogens (tertiary/aromatic N) is 1. The van der Waals surface area contributed by atoms with Gasteiger partial charge in [0.25, 0.3) is 0 Å². The van der Waals surface area contributed by atoms with Crippen LogP contribution in [0, 0.1) is 0 Å². The molecule has 2 aromatic rings. The lowest BCUT2D eigenvalue weighted by Gasteiger charge is -2.08. The molecule has 1 aromatic heterocycles. The topological polar surface area (TPSA) is 101 Å². The molecule has 2 rings (SSSR count). The first kappa shape index (κ1) is 12.4. The number of fused-ring (bicyclic) bond motifs is 1. The van der Waals surface area contributed by atoms with E-state index in [1.165, 1.54) is 0 Å². The van der Waals surface area contributed by atoms with E-state index in [1.54, 1.807) is 11.6 Å². The van der Waals surface area contributed by atoms with E-state index in [0.29, 0.717) is 11.4 Å². The van der Waals surface area contributed by atoms with Crippen LogP contribution in [0.15, 0.2) is 24.3 Å². The van der Waals surface area contributed by atoms with Gasteiger partial charge in [0.05, 0.1) is 0 Å². The lowest BCUT2D eigenvalue weighted by Crippen LogP contribution is -2.32. The van der Waals surface area contributed by atoms with Gasteiger partial charge in [-0.3, -0.25) is 15.5 Å². The fourth-order valence-corrected chi connectivity index (χ4v) is 2.13. The minimum absolute atomic E-state index is 0.152. The lowest BCUT2D eigenvalue weighted by molar-refractivity contribution is -0.138. The first-order valence-electron chi connectivity index (χ1n) is 5.51. The van der Waals surface area contributed by atoms with E-state index in [1.807, 2.05) is 24.3 Å². The first-order chi connectivity index (χ1) is 8.56. The van der Waals surface area contributed by atoms with E-state index in [2.05, 4.69) is 5.48 Å². The lowest BCUT2D eigenvalue weighted by atomic mass is 10.0. The van der Waals surface area contributed by atoms with Crippen LogP contribution in [0.4, 0.5) is 5.82 Å². The molecule has 1 aromatic carbocycles. The molecule has 1 heterocycles. The number of aryl methyl sites for hydroxylation is 1. The van der Waals surface area contributed by atoms with E-state index in [4.69, 9.17) is 10.8 Å². The van der Waals surface area contributed by atoms with E-state index in [0.717, 1.165) is 10.9 Å².